The highest BCUT2D eigenvalue weighted by atomic mass is 19.1. The third kappa shape index (κ3) is 2.62. The number of methoxy groups -OCH3 is 1. The van der Waals surface area contributed by atoms with Crippen molar-refractivity contribution in [2.45, 2.75) is 12.6 Å². The van der Waals surface area contributed by atoms with Gasteiger partial charge in [0, 0.05) is 24.4 Å². The van der Waals surface area contributed by atoms with Crippen LogP contribution in [0, 0.1) is 5.82 Å². The Bertz CT molecular complexity index is 646. The lowest BCUT2D eigenvalue weighted by atomic mass is 10.1. The summed E-state index contributed by atoms with van der Waals surface area (Å²) < 4.78 is 30.3. The zero-order chi connectivity index (χ0) is 14.8. The second-order valence-electron chi connectivity index (χ2n) is 4.66. The first-order chi connectivity index (χ1) is 10.2. The molecule has 2 heterocycles. The van der Waals surface area contributed by atoms with Crippen LogP contribution in [0.5, 0.6) is 17.4 Å². The molecule has 3 rings (SSSR count). The molecule has 21 heavy (non-hydrogen) atoms. The van der Waals surface area contributed by atoms with Crippen LogP contribution in [0.1, 0.15) is 17.2 Å². The van der Waals surface area contributed by atoms with Gasteiger partial charge >= 0.3 is 0 Å². The Morgan fingerprint density at radius 3 is 2.95 bits per heavy atom. The van der Waals surface area contributed by atoms with E-state index in [0.717, 1.165) is 5.56 Å². The van der Waals surface area contributed by atoms with Crippen molar-refractivity contribution in [3.63, 3.8) is 0 Å². The fourth-order valence-electron chi connectivity index (χ4n) is 2.17. The lowest BCUT2D eigenvalue weighted by molar-refractivity contribution is 0.0853. The van der Waals surface area contributed by atoms with Crippen molar-refractivity contribution in [3.8, 4) is 17.4 Å². The Labute approximate surface area is 121 Å². The van der Waals surface area contributed by atoms with Gasteiger partial charge in [0.05, 0.1) is 7.11 Å². The van der Waals surface area contributed by atoms with Crippen LogP contribution in [0.2, 0.25) is 0 Å². The Balaban J connectivity index is 1.86. The maximum Gasteiger partial charge on any atom is 0.212 e. The molecule has 1 aliphatic rings. The molecule has 0 saturated heterocycles. The van der Waals surface area contributed by atoms with Crippen LogP contribution in [0.15, 0.2) is 30.5 Å². The predicted molar refractivity (Wildman–Crippen MR) is 73.9 cm³/mol. The summed E-state index contributed by atoms with van der Waals surface area (Å²) in [5, 5.41) is 0. The summed E-state index contributed by atoms with van der Waals surface area (Å²) in [4.78, 5) is 4.11. The van der Waals surface area contributed by atoms with Crippen LogP contribution in [0.4, 0.5) is 4.39 Å². The van der Waals surface area contributed by atoms with Gasteiger partial charge in [-0.1, -0.05) is 0 Å². The smallest absolute Gasteiger partial charge is 0.212 e. The first-order valence-corrected chi connectivity index (χ1v) is 6.53. The molecule has 6 heteroatoms. The van der Waals surface area contributed by atoms with Crippen LogP contribution in [0.3, 0.4) is 0 Å². The van der Waals surface area contributed by atoms with Crippen LogP contribution in [-0.4, -0.2) is 18.7 Å². The fourth-order valence-corrected chi connectivity index (χ4v) is 2.17. The molecular formula is C15H15FN2O3. The van der Waals surface area contributed by atoms with E-state index in [1.54, 1.807) is 25.4 Å². The zero-order valence-electron chi connectivity index (χ0n) is 11.5. The van der Waals surface area contributed by atoms with E-state index in [-0.39, 0.29) is 18.9 Å². The molecule has 1 aromatic carbocycles. The number of aromatic nitrogens is 1. The standard InChI is InChI=1S/C15H15FN2O3/c1-19-14-3-2-10(7-18-14)13-8-20-12-5-9(6-17)4-11(16)15(12)21-13/h2-5,7,13H,6,8,17H2,1H3. The third-order valence-electron chi connectivity index (χ3n) is 3.30. The van der Waals surface area contributed by atoms with E-state index in [1.165, 1.54) is 6.07 Å². The van der Waals surface area contributed by atoms with Crippen molar-refractivity contribution in [3.05, 3.63) is 47.4 Å². The van der Waals surface area contributed by atoms with E-state index in [0.29, 0.717) is 17.2 Å². The molecule has 0 saturated carbocycles. The van der Waals surface area contributed by atoms with Gasteiger partial charge < -0.3 is 19.9 Å². The van der Waals surface area contributed by atoms with Crippen LogP contribution >= 0.6 is 0 Å². The Kier molecular flexibility index (Phi) is 3.62. The van der Waals surface area contributed by atoms with Gasteiger partial charge in [0.2, 0.25) is 5.88 Å². The molecule has 2 aromatic rings. The summed E-state index contributed by atoms with van der Waals surface area (Å²) in [7, 11) is 1.54. The third-order valence-corrected chi connectivity index (χ3v) is 3.30. The Morgan fingerprint density at radius 1 is 1.43 bits per heavy atom. The molecule has 0 aliphatic carbocycles. The summed E-state index contributed by atoms with van der Waals surface area (Å²) >= 11 is 0. The second-order valence-corrected chi connectivity index (χ2v) is 4.66. The van der Waals surface area contributed by atoms with Gasteiger partial charge in [-0.15, -0.1) is 0 Å². The average molecular weight is 290 g/mol. The van der Waals surface area contributed by atoms with Crippen molar-refractivity contribution in [2.75, 3.05) is 13.7 Å². The number of halogens is 1. The summed E-state index contributed by atoms with van der Waals surface area (Å²) in [6.45, 7) is 0.536. The molecule has 0 bridgehead atoms. The molecule has 0 radical (unpaired) electrons. The minimum absolute atomic E-state index is 0.110. The second kappa shape index (κ2) is 5.57. The maximum absolute atomic E-state index is 14.0. The van der Waals surface area contributed by atoms with Gasteiger partial charge in [-0.3, -0.25) is 0 Å². The number of benzene rings is 1. The Hall–Kier alpha value is -2.34. The average Bonchev–Trinajstić information content (AvgIpc) is 2.54. The number of hydrogen-bond donors (Lipinski definition) is 1. The van der Waals surface area contributed by atoms with E-state index in [9.17, 15) is 4.39 Å². The van der Waals surface area contributed by atoms with Crippen molar-refractivity contribution >= 4 is 0 Å². The normalized spacial score (nSPS) is 16.6. The molecule has 1 atom stereocenters. The molecule has 5 nitrogen and oxygen atoms in total. The number of nitrogens with two attached hydrogens (primary N) is 1. The number of hydrogen-bond acceptors (Lipinski definition) is 5. The lowest BCUT2D eigenvalue weighted by Gasteiger charge is -2.27. The van der Waals surface area contributed by atoms with E-state index in [2.05, 4.69) is 4.98 Å². The summed E-state index contributed by atoms with van der Waals surface area (Å²) in [6.07, 6.45) is 1.22. The Morgan fingerprint density at radius 2 is 2.29 bits per heavy atom. The molecular weight excluding hydrogens is 275 g/mol. The predicted octanol–water partition coefficient (Wildman–Crippen LogP) is 2.20. The van der Waals surface area contributed by atoms with Crippen molar-refractivity contribution < 1.29 is 18.6 Å². The maximum atomic E-state index is 14.0. The van der Waals surface area contributed by atoms with Crippen molar-refractivity contribution in [1.29, 1.82) is 0 Å². The minimum atomic E-state index is -0.473. The molecule has 0 amide bonds. The monoisotopic (exact) mass is 290 g/mol. The minimum Gasteiger partial charge on any atom is -0.485 e. The number of fused-ring (bicyclic) bond motifs is 1. The van der Waals surface area contributed by atoms with Gasteiger partial charge in [0.25, 0.3) is 0 Å². The number of rotatable bonds is 3. The number of ether oxygens (including phenoxy) is 3. The topological polar surface area (TPSA) is 66.6 Å². The largest absolute Gasteiger partial charge is 0.485 e. The summed E-state index contributed by atoms with van der Waals surface area (Å²) in [5.74, 6) is 0.529. The highest BCUT2D eigenvalue weighted by Crippen LogP contribution is 2.39. The van der Waals surface area contributed by atoms with E-state index < -0.39 is 11.9 Å². The van der Waals surface area contributed by atoms with Gasteiger partial charge in [-0.05, 0) is 23.8 Å². The highest BCUT2D eigenvalue weighted by Gasteiger charge is 2.26. The van der Waals surface area contributed by atoms with Crippen LogP contribution in [0.25, 0.3) is 0 Å². The first-order valence-electron chi connectivity index (χ1n) is 6.53. The lowest BCUT2D eigenvalue weighted by Crippen LogP contribution is -2.22. The van der Waals surface area contributed by atoms with Crippen LogP contribution in [-0.2, 0) is 6.54 Å². The number of pyridine rings is 1. The zero-order valence-corrected chi connectivity index (χ0v) is 11.5. The first kappa shape index (κ1) is 13.6. The van der Waals surface area contributed by atoms with Crippen LogP contribution < -0.4 is 19.9 Å². The molecule has 110 valence electrons. The van der Waals surface area contributed by atoms with Gasteiger partial charge in [-0.2, -0.15) is 0 Å². The summed E-state index contributed by atoms with van der Waals surface area (Å²) in [5.41, 5.74) is 6.98. The van der Waals surface area contributed by atoms with Gasteiger partial charge in [-0.25, -0.2) is 9.37 Å². The van der Waals surface area contributed by atoms with Crippen molar-refractivity contribution in [1.82, 2.24) is 4.98 Å². The molecule has 1 aliphatic heterocycles. The van der Waals surface area contributed by atoms with Gasteiger partial charge in [0.15, 0.2) is 23.4 Å². The number of nitrogens with zero attached hydrogens (tertiary/aromatic N) is 1. The van der Waals surface area contributed by atoms with Crippen molar-refractivity contribution in [2.24, 2.45) is 5.73 Å². The van der Waals surface area contributed by atoms with Gasteiger partial charge in [0.1, 0.15) is 6.61 Å². The summed E-state index contributed by atoms with van der Waals surface area (Å²) in [6, 6.07) is 6.59. The molecule has 1 unspecified atom stereocenters. The van der Waals surface area contributed by atoms with E-state index in [4.69, 9.17) is 19.9 Å². The molecule has 2 N–H and O–H groups in total. The SMILES string of the molecule is COc1ccc(C2COc3cc(CN)cc(F)c3O2)cn1. The van der Waals surface area contributed by atoms with E-state index >= 15 is 0 Å². The molecule has 1 aromatic heterocycles. The highest BCUT2D eigenvalue weighted by molar-refractivity contribution is 5.46. The van der Waals surface area contributed by atoms with E-state index in [1.807, 2.05) is 6.07 Å². The quantitative estimate of drug-likeness (QED) is 0.938. The fraction of sp³-hybridized carbons (Fsp3) is 0.267. The molecule has 0 spiro atoms. The molecule has 0 fully saturated rings.